The molecule has 2 rings (SSSR count). The lowest BCUT2D eigenvalue weighted by molar-refractivity contribution is -0.510. The Labute approximate surface area is 89.6 Å². The van der Waals surface area contributed by atoms with Crippen molar-refractivity contribution in [3.8, 4) is 0 Å². The lowest BCUT2D eigenvalue weighted by Crippen LogP contribution is -2.46. The predicted molar refractivity (Wildman–Crippen MR) is 53.3 cm³/mol. The van der Waals surface area contributed by atoms with Gasteiger partial charge in [0.1, 0.15) is 0 Å². The van der Waals surface area contributed by atoms with Crippen molar-refractivity contribution < 1.29 is 14.5 Å². The van der Waals surface area contributed by atoms with E-state index in [0.717, 1.165) is 0 Å². The van der Waals surface area contributed by atoms with Crippen LogP contribution in [0.1, 0.15) is 10.4 Å². The Hall–Kier alpha value is -2.44. The number of carbonyl (C=O) groups is 2. The van der Waals surface area contributed by atoms with Crippen molar-refractivity contribution in [3.05, 3.63) is 39.9 Å². The van der Waals surface area contributed by atoms with Crippen molar-refractivity contribution in [3.63, 3.8) is 0 Å². The minimum atomic E-state index is -1.75. The van der Waals surface area contributed by atoms with Crippen LogP contribution in [0.25, 0.3) is 0 Å². The van der Waals surface area contributed by atoms with Gasteiger partial charge in [0, 0.05) is 0 Å². The standard InChI is InChI=1S/C9H7N3O4/c13-8-5-3-1-2-4-6(5)10-9(14)7(11-8)12(15)16/h1-4,7H,(H,10,14)(H,11,13). The topological polar surface area (TPSA) is 101 Å². The number of para-hydroxylation sites is 1. The van der Waals surface area contributed by atoms with Crippen molar-refractivity contribution in [2.45, 2.75) is 6.17 Å². The average Bonchev–Trinajstić information content (AvgIpc) is 2.37. The van der Waals surface area contributed by atoms with E-state index in [1.807, 2.05) is 5.32 Å². The molecule has 0 saturated carbocycles. The summed E-state index contributed by atoms with van der Waals surface area (Å²) in [5.74, 6) is -1.50. The molecule has 1 aromatic carbocycles. The largest absolute Gasteiger partial charge is 0.365 e. The Kier molecular flexibility index (Phi) is 2.28. The molecule has 2 amide bonds. The van der Waals surface area contributed by atoms with Crippen LogP contribution >= 0.6 is 0 Å². The van der Waals surface area contributed by atoms with Gasteiger partial charge in [0.25, 0.3) is 5.91 Å². The third-order valence-electron chi connectivity index (χ3n) is 2.16. The number of nitrogens with one attached hydrogen (secondary N) is 2. The molecule has 0 fully saturated rings. The second kappa shape index (κ2) is 3.61. The van der Waals surface area contributed by atoms with Gasteiger partial charge in [0.15, 0.2) is 0 Å². The Balaban J connectivity index is 2.44. The molecule has 0 aromatic heterocycles. The number of nitro groups is 1. The lowest BCUT2D eigenvalue weighted by Gasteiger charge is -2.04. The number of fused-ring (bicyclic) bond motifs is 1. The normalized spacial score (nSPS) is 19.1. The number of amides is 2. The third-order valence-corrected chi connectivity index (χ3v) is 2.16. The van der Waals surface area contributed by atoms with Crippen LogP contribution in [-0.2, 0) is 4.79 Å². The van der Waals surface area contributed by atoms with Crippen LogP contribution in [0.2, 0.25) is 0 Å². The highest BCUT2D eigenvalue weighted by Crippen LogP contribution is 2.17. The number of anilines is 1. The van der Waals surface area contributed by atoms with Crippen LogP contribution in [0.5, 0.6) is 0 Å². The summed E-state index contributed by atoms with van der Waals surface area (Å²) in [6.45, 7) is 0. The maximum atomic E-state index is 11.6. The van der Waals surface area contributed by atoms with Gasteiger partial charge in [-0.05, 0) is 12.1 Å². The fourth-order valence-corrected chi connectivity index (χ4v) is 1.41. The van der Waals surface area contributed by atoms with Crippen LogP contribution in [0.15, 0.2) is 24.3 Å². The monoisotopic (exact) mass is 221 g/mol. The van der Waals surface area contributed by atoms with Crippen LogP contribution in [0.3, 0.4) is 0 Å². The molecule has 1 unspecified atom stereocenters. The number of hydrogen-bond acceptors (Lipinski definition) is 4. The summed E-state index contributed by atoms with van der Waals surface area (Å²) in [6, 6.07) is 6.22. The molecule has 1 aliphatic rings. The highest BCUT2D eigenvalue weighted by molar-refractivity contribution is 6.09. The summed E-state index contributed by atoms with van der Waals surface area (Å²) in [5.41, 5.74) is 0.481. The fraction of sp³-hybridized carbons (Fsp3) is 0.111. The minimum Gasteiger partial charge on any atom is -0.318 e. The molecule has 2 N–H and O–H groups in total. The molecule has 82 valence electrons. The Morgan fingerprint density at radius 3 is 2.62 bits per heavy atom. The first-order valence-corrected chi connectivity index (χ1v) is 4.44. The Morgan fingerprint density at radius 1 is 1.25 bits per heavy atom. The quantitative estimate of drug-likeness (QED) is 0.513. The maximum absolute atomic E-state index is 11.6. The Morgan fingerprint density at radius 2 is 1.94 bits per heavy atom. The van der Waals surface area contributed by atoms with E-state index in [2.05, 4.69) is 5.32 Å². The summed E-state index contributed by atoms with van der Waals surface area (Å²) >= 11 is 0. The third kappa shape index (κ3) is 1.58. The van der Waals surface area contributed by atoms with Gasteiger partial charge in [-0.3, -0.25) is 25.0 Å². The zero-order valence-electron chi connectivity index (χ0n) is 7.97. The number of carbonyl (C=O) groups excluding carboxylic acids is 2. The number of hydrogen-bond donors (Lipinski definition) is 2. The van der Waals surface area contributed by atoms with Crippen LogP contribution in [-0.4, -0.2) is 22.9 Å². The number of benzene rings is 1. The molecule has 1 aliphatic heterocycles. The SMILES string of the molecule is O=C1NC([N+](=O)[O-])C(=O)Nc2ccccc21. The highest BCUT2D eigenvalue weighted by Gasteiger charge is 2.35. The summed E-state index contributed by atoms with van der Waals surface area (Å²) in [7, 11) is 0. The first kappa shape index (κ1) is 10.1. The molecule has 0 bridgehead atoms. The first-order chi connectivity index (χ1) is 7.59. The molecule has 0 saturated heterocycles. The van der Waals surface area contributed by atoms with E-state index in [1.54, 1.807) is 12.1 Å². The van der Waals surface area contributed by atoms with E-state index in [9.17, 15) is 19.7 Å². The molecule has 7 heteroatoms. The smallest absolute Gasteiger partial charge is 0.318 e. The van der Waals surface area contributed by atoms with E-state index in [-0.39, 0.29) is 11.3 Å². The first-order valence-electron chi connectivity index (χ1n) is 4.44. The van der Waals surface area contributed by atoms with Gasteiger partial charge in [-0.25, -0.2) is 0 Å². The summed E-state index contributed by atoms with van der Waals surface area (Å²) < 4.78 is 0. The van der Waals surface area contributed by atoms with Gasteiger partial charge < -0.3 is 5.32 Å². The molecule has 1 heterocycles. The van der Waals surface area contributed by atoms with E-state index in [0.29, 0.717) is 0 Å². The summed E-state index contributed by atoms with van der Waals surface area (Å²) in [4.78, 5) is 32.7. The molecule has 1 atom stereocenters. The molecular formula is C9H7N3O4. The zero-order valence-corrected chi connectivity index (χ0v) is 7.97. The van der Waals surface area contributed by atoms with Gasteiger partial charge in [-0.15, -0.1) is 0 Å². The van der Waals surface area contributed by atoms with Crippen molar-refractivity contribution >= 4 is 17.5 Å². The molecule has 0 radical (unpaired) electrons. The minimum absolute atomic E-state index is 0.209. The molecular weight excluding hydrogens is 214 g/mol. The van der Waals surface area contributed by atoms with Gasteiger partial charge in [0.05, 0.1) is 16.2 Å². The second-order valence-electron chi connectivity index (χ2n) is 3.20. The average molecular weight is 221 g/mol. The van der Waals surface area contributed by atoms with Gasteiger partial charge >= 0.3 is 12.1 Å². The van der Waals surface area contributed by atoms with Crippen LogP contribution in [0, 0.1) is 10.1 Å². The predicted octanol–water partition coefficient (Wildman–Crippen LogP) is -0.0287. The Bertz CT molecular complexity index is 485. The summed E-state index contributed by atoms with van der Waals surface area (Å²) in [5, 5.41) is 14.9. The van der Waals surface area contributed by atoms with Crippen molar-refractivity contribution in [1.82, 2.24) is 5.32 Å². The highest BCUT2D eigenvalue weighted by atomic mass is 16.6. The van der Waals surface area contributed by atoms with Gasteiger partial charge in [-0.2, -0.15) is 0 Å². The van der Waals surface area contributed by atoms with E-state index < -0.39 is 22.9 Å². The maximum Gasteiger partial charge on any atom is 0.365 e. The second-order valence-corrected chi connectivity index (χ2v) is 3.20. The van der Waals surface area contributed by atoms with Crippen LogP contribution < -0.4 is 10.6 Å². The zero-order chi connectivity index (χ0) is 11.7. The molecule has 0 aliphatic carbocycles. The van der Waals surface area contributed by atoms with E-state index in [4.69, 9.17) is 0 Å². The molecule has 0 spiro atoms. The fourth-order valence-electron chi connectivity index (χ4n) is 1.41. The van der Waals surface area contributed by atoms with E-state index >= 15 is 0 Å². The molecule has 16 heavy (non-hydrogen) atoms. The van der Waals surface area contributed by atoms with Gasteiger partial charge in [0.2, 0.25) is 0 Å². The van der Waals surface area contributed by atoms with E-state index in [1.165, 1.54) is 12.1 Å². The molecule has 7 nitrogen and oxygen atoms in total. The van der Waals surface area contributed by atoms with Gasteiger partial charge in [-0.1, -0.05) is 12.1 Å². The van der Waals surface area contributed by atoms with Crippen molar-refractivity contribution in [2.24, 2.45) is 0 Å². The van der Waals surface area contributed by atoms with Crippen molar-refractivity contribution in [2.75, 3.05) is 5.32 Å². The molecule has 1 aromatic rings. The van der Waals surface area contributed by atoms with Crippen LogP contribution in [0.4, 0.5) is 5.69 Å². The van der Waals surface area contributed by atoms with Crippen molar-refractivity contribution in [1.29, 1.82) is 0 Å². The number of nitrogens with zero attached hydrogens (tertiary/aromatic N) is 1. The lowest BCUT2D eigenvalue weighted by atomic mass is 10.2. The summed E-state index contributed by atoms with van der Waals surface area (Å²) in [6.07, 6.45) is -1.75. The number of rotatable bonds is 1.